The maximum absolute atomic E-state index is 12.7. The molecule has 1 amide bonds. The van der Waals surface area contributed by atoms with Crippen LogP contribution in [-0.4, -0.2) is 45.5 Å². The van der Waals surface area contributed by atoms with Crippen LogP contribution in [0.25, 0.3) is 0 Å². The molecule has 1 fully saturated rings. The molecule has 1 aliphatic heterocycles. The maximum Gasteiger partial charge on any atom is 0.241 e. The molecule has 6 nitrogen and oxygen atoms in total. The number of aryl methyl sites for hydroxylation is 3. The Bertz CT molecular complexity index is 958. The van der Waals surface area contributed by atoms with Crippen LogP contribution in [0.15, 0.2) is 47.4 Å². The SMILES string of the molecule is Cc1cc(C)c(S(=O)(=O)NCC(=O)N2CCO[C@@H](c3ccccc3)C2)cc1C. The highest BCUT2D eigenvalue weighted by Gasteiger charge is 2.26. The second-order valence-electron chi connectivity index (χ2n) is 7.14. The van der Waals surface area contributed by atoms with E-state index >= 15 is 0 Å². The molecular formula is C21H26N2O4S. The van der Waals surface area contributed by atoms with Crippen molar-refractivity contribution in [3.8, 4) is 0 Å². The number of nitrogens with zero attached hydrogens (tertiary/aromatic N) is 1. The largest absolute Gasteiger partial charge is 0.370 e. The maximum atomic E-state index is 12.7. The minimum absolute atomic E-state index is 0.197. The average molecular weight is 403 g/mol. The van der Waals surface area contributed by atoms with E-state index in [9.17, 15) is 13.2 Å². The molecule has 1 N–H and O–H groups in total. The van der Waals surface area contributed by atoms with Crippen molar-refractivity contribution in [2.24, 2.45) is 0 Å². The van der Waals surface area contributed by atoms with Gasteiger partial charge in [0.2, 0.25) is 15.9 Å². The first-order valence-corrected chi connectivity index (χ1v) is 10.8. The van der Waals surface area contributed by atoms with Gasteiger partial charge in [0.1, 0.15) is 6.10 Å². The second-order valence-corrected chi connectivity index (χ2v) is 8.87. The van der Waals surface area contributed by atoms with E-state index < -0.39 is 10.0 Å². The van der Waals surface area contributed by atoms with Gasteiger partial charge in [-0.15, -0.1) is 0 Å². The van der Waals surface area contributed by atoms with Crippen LogP contribution in [0, 0.1) is 20.8 Å². The van der Waals surface area contributed by atoms with Crippen molar-refractivity contribution in [3.05, 3.63) is 64.7 Å². The molecule has 150 valence electrons. The lowest BCUT2D eigenvalue weighted by Gasteiger charge is -2.33. The monoisotopic (exact) mass is 402 g/mol. The summed E-state index contributed by atoms with van der Waals surface area (Å²) in [7, 11) is -3.76. The van der Waals surface area contributed by atoms with E-state index in [1.807, 2.05) is 50.2 Å². The highest BCUT2D eigenvalue weighted by Crippen LogP contribution is 2.22. The van der Waals surface area contributed by atoms with E-state index in [0.29, 0.717) is 25.3 Å². The molecule has 3 rings (SSSR count). The fourth-order valence-electron chi connectivity index (χ4n) is 3.32. The summed E-state index contributed by atoms with van der Waals surface area (Å²) in [6.07, 6.45) is -0.197. The van der Waals surface area contributed by atoms with Gasteiger partial charge in [-0.2, -0.15) is 0 Å². The zero-order valence-corrected chi connectivity index (χ0v) is 17.3. The molecular weight excluding hydrogens is 376 g/mol. The Balaban J connectivity index is 1.65. The van der Waals surface area contributed by atoms with E-state index in [0.717, 1.165) is 16.7 Å². The summed E-state index contributed by atoms with van der Waals surface area (Å²) in [6, 6.07) is 13.2. The number of amides is 1. The molecule has 0 spiro atoms. The predicted molar refractivity (Wildman–Crippen MR) is 108 cm³/mol. The molecule has 1 heterocycles. The lowest BCUT2D eigenvalue weighted by Crippen LogP contribution is -2.46. The predicted octanol–water partition coefficient (Wildman–Crippen LogP) is 2.49. The number of carbonyl (C=O) groups excluding carboxylic acids is 1. The van der Waals surface area contributed by atoms with Crippen LogP contribution in [-0.2, 0) is 19.6 Å². The molecule has 0 radical (unpaired) electrons. The third-order valence-electron chi connectivity index (χ3n) is 5.08. The molecule has 7 heteroatoms. The van der Waals surface area contributed by atoms with Crippen molar-refractivity contribution in [2.45, 2.75) is 31.8 Å². The van der Waals surface area contributed by atoms with Crippen molar-refractivity contribution >= 4 is 15.9 Å². The van der Waals surface area contributed by atoms with Gasteiger partial charge in [-0.1, -0.05) is 36.4 Å². The van der Waals surface area contributed by atoms with Gasteiger partial charge < -0.3 is 9.64 Å². The third kappa shape index (κ3) is 4.60. The summed E-state index contributed by atoms with van der Waals surface area (Å²) in [4.78, 5) is 14.5. The third-order valence-corrected chi connectivity index (χ3v) is 6.63. The first-order valence-electron chi connectivity index (χ1n) is 9.30. The number of carbonyl (C=O) groups is 1. The van der Waals surface area contributed by atoms with Crippen molar-refractivity contribution < 1.29 is 17.9 Å². The van der Waals surface area contributed by atoms with E-state index in [-0.39, 0.29) is 23.5 Å². The Morgan fingerprint density at radius 3 is 2.50 bits per heavy atom. The van der Waals surface area contributed by atoms with Crippen molar-refractivity contribution in [1.82, 2.24) is 9.62 Å². The summed E-state index contributed by atoms with van der Waals surface area (Å²) >= 11 is 0. The van der Waals surface area contributed by atoms with E-state index in [2.05, 4.69) is 4.72 Å². The van der Waals surface area contributed by atoms with Crippen LogP contribution >= 0.6 is 0 Å². The Hall–Kier alpha value is -2.22. The fourth-order valence-corrected chi connectivity index (χ4v) is 4.60. The van der Waals surface area contributed by atoms with Crippen LogP contribution in [0.1, 0.15) is 28.4 Å². The fraction of sp³-hybridized carbons (Fsp3) is 0.381. The van der Waals surface area contributed by atoms with Crippen LogP contribution in [0.4, 0.5) is 0 Å². The minimum Gasteiger partial charge on any atom is -0.370 e. The van der Waals surface area contributed by atoms with Crippen LogP contribution in [0.5, 0.6) is 0 Å². The first kappa shape index (κ1) is 20.5. The Morgan fingerprint density at radius 1 is 1.11 bits per heavy atom. The zero-order valence-electron chi connectivity index (χ0n) is 16.4. The number of morpholine rings is 1. The summed E-state index contributed by atoms with van der Waals surface area (Å²) in [6.45, 7) is 6.59. The molecule has 0 aromatic heterocycles. The van der Waals surface area contributed by atoms with Crippen molar-refractivity contribution in [3.63, 3.8) is 0 Å². The zero-order chi connectivity index (χ0) is 20.3. The number of sulfonamides is 1. The normalized spacial score (nSPS) is 17.5. The van der Waals surface area contributed by atoms with Gasteiger partial charge in [-0.05, 0) is 49.1 Å². The van der Waals surface area contributed by atoms with Gasteiger partial charge in [-0.3, -0.25) is 4.79 Å². The molecule has 28 heavy (non-hydrogen) atoms. The number of hydrogen-bond donors (Lipinski definition) is 1. The van der Waals surface area contributed by atoms with Crippen molar-refractivity contribution in [2.75, 3.05) is 26.2 Å². The molecule has 0 aliphatic carbocycles. The Morgan fingerprint density at radius 2 is 1.79 bits per heavy atom. The molecule has 2 aromatic carbocycles. The number of rotatable bonds is 5. The Kier molecular flexibility index (Phi) is 6.17. The van der Waals surface area contributed by atoms with Gasteiger partial charge in [-0.25, -0.2) is 13.1 Å². The topological polar surface area (TPSA) is 75.7 Å². The number of nitrogens with one attached hydrogen (secondary N) is 1. The molecule has 0 saturated carbocycles. The van der Waals surface area contributed by atoms with Crippen LogP contribution in [0.2, 0.25) is 0 Å². The average Bonchev–Trinajstić information content (AvgIpc) is 2.69. The van der Waals surface area contributed by atoms with Gasteiger partial charge in [0.05, 0.1) is 24.6 Å². The summed E-state index contributed by atoms with van der Waals surface area (Å²) in [5, 5.41) is 0. The first-order chi connectivity index (χ1) is 13.3. The molecule has 0 bridgehead atoms. The Labute approximate surface area is 166 Å². The van der Waals surface area contributed by atoms with Crippen molar-refractivity contribution in [1.29, 1.82) is 0 Å². The van der Waals surface area contributed by atoms with E-state index in [4.69, 9.17) is 4.74 Å². The lowest BCUT2D eigenvalue weighted by molar-refractivity contribution is -0.137. The van der Waals surface area contributed by atoms with E-state index in [1.54, 1.807) is 17.9 Å². The standard InChI is InChI=1S/C21H26N2O4S/c1-15-11-17(3)20(12-16(15)2)28(25,26)22-13-21(24)23-9-10-27-19(14-23)18-7-5-4-6-8-18/h4-8,11-12,19,22H,9-10,13-14H2,1-3H3/t19-/m1/s1. The van der Waals surface area contributed by atoms with Gasteiger partial charge in [0.15, 0.2) is 0 Å². The number of hydrogen-bond acceptors (Lipinski definition) is 4. The minimum atomic E-state index is -3.76. The smallest absolute Gasteiger partial charge is 0.241 e. The van der Waals surface area contributed by atoms with Gasteiger partial charge >= 0.3 is 0 Å². The van der Waals surface area contributed by atoms with E-state index in [1.165, 1.54) is 0 Å². The second kappa shape index (κ2) is 8.43. The van der Waals surface area contributed by atoms with Gasteiger partial charge in [0, 0.05) is 6.54 Å². The lowest BCUT2D eigenvalue weighted by atomic mass is 10.1. The molecule has 1 aliphatic rings. The summed E-state index contributed by atoms with van der Waals surface area (Å²) in [5.74, 6) is -0.255. The highest BCUT2D eigenvalue weighted by molar-refractivity contribution is 7.89. The summed E-state index contributed by atoms with van der Waals surface area (Å²) < 4.78 is 33.6. The van der Waals surface area contributed by atoms with Gasteiger partial charge in [0.25, 0.3) is 0 Å². The molecule has 1 saturated heterocycles. The molecule has 1 atom stereocenters. The van der Waals surface area contributed by atoms with Crippen LogP contribution in [0.3, 0.4) is 0 Å². The molecule has 0 unspecified atom stereocenters. The highest BCUT2D eigenvalue weighted by atomic mass is 32.2. The summed E-state index contributed by atoms with van der Waals surface area (Å²) in [5.41, 5.74) is 3.61. The number of ether oxygens (including phenoxy) is 1. The quantitative estimate of drug-likeness (QED) is 0.834. The van der Waals surface area contributed by atoms with Crippen LogP contribution < -0.4 is 4.72 Å². The number of benzene rings is 2. The molecule has 2 aromatic rings.